The summed E-state index contributed by atoms with van der Waals surface area (Å²) >= 11 is 3.88. The molecule has 0 bridgehead atoms. The SMILES string of the molecule is C=C(C)Sc1cc(C#CSI)ccc1C.C=C/C(=C\C=C/C)N(C(C)=O)C(=O)C(CC)(CCC)CCC. The lowest BCUT2D eigenvalue weighted by atomic mass is 9.75. The van der Waals surface area contributed by atoms with Gasteiger partial charge >= 0.3 is 0 Å². The summed E-state index contributed by atoms with van der Waals surface area (Å²) in [5.41, 5.74) is 2.41. The Labute approximate surface area is 246 Å². The molecule has 0 radical (unpaired) electrons. The lowest BCUT2D eigenvalue weighted by Crippen LogP contribution is -2.45. The maximum atomic E-state index is 13.2. The van der Waals surface area contributed by atoms with Crippen molar-refractivity contribution in [1.29, 1.82) is 0 Å². The fourth-order valence-corrected chi connectivity index (χ4v) is 5.24. The fraction of sp³-hybridized carbons (Fsp3) is 0.419. The van der Waals surface area contributed by atoms with E-state index in [1.165, 1.54) is 31.2 Å². The number of benzene rings is 1. The van der Waals surface area contributed by atoms with Gasteiger partial charge in [0.25, 0.3) is 0 Å². The topological polar surface area (TPSA) is 37.4 Å². The zero-order chi connectivity index (χ0) is 28.4. The first-order valence-corrected chi connectivity index (χ1v) is 16.8. The van der Waals surface area contributed by atoms with Gasteiger partial charge in [0, 0.05) is 44.0 Å². The van der Waals surface area contributed by atoms with E-state index in [0.29, 0.717) is 5.70 Å². The summed E-state index contributed by atoms with van der Waals surface area (Å²) in [6.07, 6.45) is 11.2. The van der Waals surface area contributed by atoms with Crippen molar-refractivity contribution < 1.29 is 9.59 Å². The van der Waals surface area contributed by atoms with E-state index >= 15 is 0 Å². The van der Waals surface area contributed by atoms with Gasteiger partial charge in [0.15, 0.2) is 0 Å². The van der Waals surface area contributed by atoms with E-state index in [1.54, 1.807) is 23.9 Å². The Hall–Kier alpha value is -1.69. The second-order valence-electron chi connectivity index (χ2n) is 8.70. The third kappa shape index (κ3) is 12.1. The zero-order valence-corrected chi connectivity index (χ0v) is 27.2. The third-order valence-corrected chi connectivity index (χ3v) is 7.59. The Morgan fingerprint density at radius 3 is 2.22 bits per heavy atom. The van der Waals surface area contributed by atoms with Crippen LogP contribution < -0.4 is 0 Å². The van der Waals surface area contributed by atoms with Gasteiger partial charge in [-0.1, -0.05) is 82.7 Å². The van der Waals surface area contributed by atoms with Crippen LogP contribution in [0.25, 0.3) is 0 Å². The number of nitrogens with zero attached hydrogens (tertiary/aromatic N) is 1. The van der Waals surface area contributed by atoms with Gasteiger partial charge in [0.05, 0.1) is 5.70 Å². The van der Waals surface area contributed by atoms with Crippen LogP contribution in [0, 0.1) is 23.5 Å². The molecule has 2 amide bonds. The minimum atomic E-state index is -0.465. The van der Waals surface area contributed by atoms with Crippen molar-refractivity contribution in [3.63, 3.8) is 0 Å². The van der Waals surface area contributed by atoms with Crippen LogP contribution in [0.2, 0.25) is 0 Å². The molecule has 3 nitrogen and oxygen atoms in total. The number of aryl methyl sites for hydroxylation is 1. The molecule has 0 spiro atoms. The monoisotopic (exact) mass is 651 g/mol. The molecule has 6 heteroatoms. The first kappa shape index (κ1) is 35.3. The normalized spacial score (nSPS) is 11.2. The number of hydrogen-bond donors (Lipinski definition) is 0. The predicted molar refractivity (Wildman–Crippen MR) is 173 cm³/mol. The number of hydrogen-bond acceptors (Lipinski definition) is 4. The molecule has 0 saturated carbocycles. The van der Waals surface area contributed by atoms with Crippen LogP contribution in [0.1, 0.15) is 84.8 Å². The van der Waals surface area contributed by atoms with Gasteiger partial charge in [-0.3, -0.25) is 14.5 Å². The smallest absolute Gasteiger partial charge is 0.239 e. The van der Waals surface area contributed by atoms with E-state index in [-0.39, 0.29) is 11.8 Å². The number of allylic oxidation sites excluding steroid dienone is 5. The van der Waals surface area contributed by atoms with E-state index in [9.17, 15) is 9.59 Å². The van der Waals surface area contributed by atoms with Crippen molar-refractivity contribution >= 4 is 53.7 Å². The minimum absolute atomic E-state index is 0.0955. The first-order valence-electron chi connectivity index (χ1n) is 12.6. The summed E-state index contributed by atoms with van der Waals surface area (Å²) in [4.78, 5) is 28.9. The Morgan fingerprint density at radius 2 is 1.78 bits per heavy atom. The molecule has 1 rings (SSSR count). The predicted octanol–water partition coefficient (Wildman–Crippen LogP) is 10.0. The average molecular weight is 652 g/mol. The number of thioether (sulfide) groups is 1. The molecule has 0 heterocycles. The summed E-state index contributed by atoms with van der Waals surface area (Å²) in [5, 5.41) is 2.99. The van der Waals surface area contributed by atoms with E-state index in [0.717, 1.165) is 42.6 Å². The summed E-state index contributed by atoms with van der Waals surface area (Å²) in [5.74, 6) is 2.74. The Balaban J connectivity index is 0.000000749. The standard InChI is InChI=1S/C19H31NO2.C12H11IS2/c1-7-12-13-17(10-4)20(16(6)21)18(22)19(11-5,14-8-2)15-9-3;1-9(2)15-12-8-11(6-7-14-13)5-4-10(12)3/h7,10,12-13H,4,8-9,11,14-15H2,1-3,5-6H3;4-5,8H,1H2,2-3H3/b12-7-,17-13+;. The van der Waals surface area contributed by atoms with Gasteiger partial charge in [-0.15, -0.1) is 0 Å². The molecule has 0 aromatic heterocycles. The van der Waals surface area contributed by atoms with Crippen LogP contribution in [0.4, 0.5) is 0 Å². The van der Waals surface area contributed by atoms with Crippen molar-refractivity contribution in [2.75, 3.05) is 0 Å². The minimum Gasteiger partial charge on any atom is -0.274 e. The number of rotatable bonds is 11. The second kappa shape index (κ2) is 19.4. The molecule has 0 aliphatic rings. The second-order valence-corrected chi connectivity index (χ2v) is 11.7. The highest BCUT2D eigenvalue weighted by atomic mass is 127. The van der Waals surface area contributed by atoms with Gasteiger partial charge < -0.3 is 0 Å². The van der Waals surface area contributed by atoms with Crippen LogP contribution in [-0.4, -0.2) is 16.7 Å². The molecule has 202 valence electrons. The highest BCUT2D eigenvalue weighted by Crippen LogP contribution is 2.37. The van der Waals surface area contributed by atoms with Crippen molar-refractivity contribution in [2.45, 2.75) is 85.5 Å². The van der Waals surface area contributed by atoms with Gasteiger partial charge in [0.1, 0.15) is 0 Å². The van der Waals surface area contributed by atoms with Crippen molar-refractivity contribution in [3.8, 4) is 11.2 Å². The highest BCUT2D eigenvalue weighted by Gasteiger charge is 2.40. The molecular formula is C31H42INO2S2. The summed E-state index contributed by atoms with van der Waals surface area (Å²) in [7, 11) is 1.50. The Bertz CT molecular complexity index is 1040. The first-order chi connectivity index (χ1) is 17.6. The zero-order valence-electron chi connectivity index (χ0n) is 23.4. The Morgan fingerprint density at radius 1 is 1.16 bits per heavy atom. The number of carbonyl (C=O) groups is 2. The molecule has 1 aromatic rings. The van der Waals surface area contributed by atoms with Crippen LogP contribution in [0.3, 0.4) is 0 Å². The maximum Gasteiger partial charge on any atom is 0.239 e. The van der Waals surface area contributed by atoms with Crippen molar-refractivity contribution in [1.82, 2.24) is 4.90 Å². The molecular weight excluding hydrogens is 609 g/mol. The molecule has 1 aromatic carbocycles. The average Bonchev–Trinajstić information content (AvgIpc) is 2.86. The van der Waals surface area contributed by atoms with Crippen LogP contribution in [0.15, 0.2) is 71.2 Å². The van der Waals surface area contributed by atoms with Gasteiger partial charge in [-0.25, -0.2) is 0 Å². The van der Waals surface area contributed by atoms with Crippen LogP contribution in [-0.2, 0) is 9.59 Å². The number of carbonyl (C=O) groups excluding carboxylic acids is 2. The van der Waals surface area contributed by atoms with E-state index in [1.807, 2.05) is 32.9 Å². The van der Waals surface area contributed by atoms with Gasteiger partial charge in [-0.05, 0) is 89.0 Å². The largest absolute Gasteiger partial charge is 0.274 e. The maximum absolute atomic E-state index is 13.2. The number of halogens is 1. The summed E-state index contributed by atoms with van der Waals surface area (Å²) in [6, 6.07) is 6.28. The van der Waals surface area contributed by atoms with Crippen molar-refractivity contribution in [2.24, 2.45) is 5.41 Å². The molecule has 0 aliphatic carbocycles. The lowest BCUT2D eigenvalue weighted by molar-refractivity contribution is -0.149. The lowest BCUT2D eigenvalue weighted by Gasteiger charge is -2.35. The Kier molecular flexibility index (Phi) is 18.5. The molecule has 37 heavy (non-hydrogen) atoms. The number of imide groups is 1. The third-order valence-electron chi connectivity index (χ3n) is 5.74. The van der Waals surface area contributed by atoms with Crippen molar-refractivity contribution in [3.05, 3.63) is 77.4 Å². The van der Waals surface area contributed by atoms with Gasteiger partial charge in [0.2, 0.25) is 11.8 Å². The fourth-order valence-electron chi connectivity index (χ4n) is 3.96. The van der Waals surface area contributed by atoms with Crippen LogP contribution >= 0.6 is 41.9 Å². The molecule has 0 saturated heterocycles. The van der Waals surface area contributed by atoms with E-state index < -0.39 is 5.41 Å². The highest BCUT2D eigenvalue weighted by molar-refractivity contribution is 14.2. The summed E-state index contributed by atoms with van der Waals surface area (Å²) < 4.78 is 0. The van der Waals surface area contributed by atoms with Crippen LogP contribution in [0.5, 0.6) is 0 Å². The molecule has 0 N–H and O–H groups in total. The summed E-state index contributed by atoms with van der Waals surface area (Å²) in [6.45, 7) is 21.3. The van der Waals surface area contributed by atoms with E-state index in [4.69, 9.17) is 0 Å². The van der Waals surface area contributed by atoms with Gasteiger partial charge in [-0.2, -0.15) is 0 Å². The molecule has 0 unspecified atom stereocenters. The van der Waals surface area contributed by atoms with E-state index in [2.05, 4.69) is 84.5 Å². The molecule has 0 aliphatic heterocycles. The molecule has 0 atom stereocenters. The quantitative estimate of drug-likeness (QED) is 0.103. The molecule has 0 fully saturated rings. The number of amides is 2.